The van der Waals surface area contributed by atoms with Crippen LogP contribution in [0.5, 0.6) is 0 Å². The van der Waals surface area contributed by atoms with E-state index in [0.29, 0.717) is 25.2 Å². The molecule has 0 radical (unpaired) electrons. The minimum Gasteiger partial charge on any atom is -0.309 e. The van der Waals surface area contributed by atoms with Gasteiger partial charge in [-0.1, -0.05) is 42.5 Å². The average Bonchev–Trinajstić information content (AvgIpc) is 3.34. The number of likely N-dealkylation sites (tertiary alicyclic amines) is 1. The van der Waals surface area contributed by atoms with Gasteiger partial charge in [0.25, 0.3) is 0 Å². The third-order valence-electron chi connectivity index (χ3n) is 6.00. The lowest BCUT2D eigenvalue weighted by molar-refractivity contribution is 0.344. The highest BCUT2D eigenvalue weighted by molar-refractivity contribution is 7.89. The molecule has 0 spiro atoms. The maximum absolute atomic E-state index is 14.7. The molecular weight excluding hydrogens is 456 g/mol. The molecule has 0 amide bonds. The van der Waals surface area contributed by atoms with E-state index in [0.717, 1.165) is 42.6 Å². The lowest BCUT2D eigenvalue weighted by Gasteiger charge is -2.15. The Morgan fingerprint density at radius 2 is 1.38 bits per heavy atom. The fourth-order valence-corrected chi connectivity index (χ4v) is 5.17. The second-order valence-electron chi connectivity index (χ2n) is 8.52. The van der Waals surface area contributed by atoms with E-state index in [1.807, 2.05) is 24.3 Å². The Morgan fingerprint density at radius 1 is 0.794 bits per heavy atom. The van der Waals surface area contributed by atoms with Crippen LogP contribution in [-0.4, -0.2) is 39.5 Å². The van der Waals surface area contributed by atoms with Gasteiger partial charge in [0.2, 0.25) is 10.0 Å². The molecule has 0 aliphatic carbocycles. The molecule has 1 aliphatic heterocycles. The third-order valence-corrected chi connectivity index (χ3v) is 7.49. The van der Waals surface area contributed by atoms with Crippen molar-refractivity contribution in [1.29, 1.82) is 0 Å². The topological polar surface area (TPSA) is 61.4 Å². The van der Waals surface area contributed by atoms with Crippen LogP contribution in [-0.2, 0) is 23.1 Å². The van der Waals surface area contributed by atoms with Crippen molar-refractivity contribution in [2.45, 2.75) is 30.8 Å². The monoisotopic (exact) mass is 485 g/mol. The summed E-state index contributed by atoms with van der Waals surface area (Å²) in [6.45, 7) is 4.10. The van der Waals surface area contributed by atoms with Crippen LogP contribution in [0.15, 0.2) is 71.6 Å². The smallest absolute Gasteiger partial charge is 0.243 e. The summed E-state index contributed by atoms with van der Waals surface area (Å²) in [5, 5.41) is 3.31. The van der Waals surface area contributed by atoms with Crippen molar-refractivity contribution in [1.82, 2.24) is 14.9 Å². The summed E-state index contributed by atoms with van der Waals surface area (Å²) in [5.41, 5.74) is 3.45. The van der Waals surface area contributed by atoms with Gasteiger partial charge in [0.05, 0.1) is 0 Å². The second-order valence-corrected chi connectivity index (χ2v) is 10.3. The van der Waals surface area contributed by atoms with Crippen LogP contribution >= 0.6 is 0 Å². The zero-order chi connectivity index (χ0) is 24.0. The van der Waals surface area contributed by atoms with Gasteiger partial charge < -0.3 is 10.2 Å². The van der Waals surface area contributed by atoms with Gasteiger partial charge in [-0.2, -0.15) is 0 Å². The molecule has 1 aliphatic rings. The molecule has 1 saturated heterocycles. The number of hydrogen-bond donors (Lipinski definition) is 2. The summed E-state index contributed by atoms with van der Waals surface area (Å²) in [4.78, 5) is 1.86. The van der Waals surface area contributed by atoms with Crippen molar-refractivity contribution >= 4 is 10.0 Å². The summed E-state index contributed by atoms with van der Waals surface area (Å²) < 4.78 is 55.3. The Morgan fingerprint density at radius 3 is 2.00 bits per heavy atom. The van der Waals surface area contributed by atoms with Crippen molar-refractivity contribution in [3.8, 4) is 11.1 Å². The van der Waals surface area contributed by atoms with Gasteiger partial charge in [-0.15, -0.1) is 0 Å². The highest BCUT2D eigenvalue weighted by Gasteiger charge is 2.20. The Labute approximate surface area is 199 Å². The van der Waals surface area contributed by atoms with E-state index in [4.69, 9.17) is 0 Å². The number of halogens is 2. The van der Waals surface area contributed by atoms with Gasteiger partial charge >= 0.3 is 0 Å². The molecule has 4 rings (SSSR count). The van der Waals surface area contributed by atoms with Crippen molar-refractivity contribution in [3.63, 3.8) is 0 Å². The highest BCUT2D eigenvalue weighted by Crippen LogP contribution is 2.24. The quantitative estimate of drug-likeness (QED) is 0.450. The minimum absolute atomic E-state index is 0.254. The van der Waals surface area contributed by atoms with E-state index in [1.165, 1.54) is 24.3 Å². The molecule has 180 valence electrons. The van der Waals surface area contributed by atoms with E-state index < -0.39 is 15.8 Å². The maximum atomic E-state index is 14.7. The molecule has 5 nitrogen and oxygen atoms in total. The summed E-state index contributed by atoms with van der Waals surface area (Å²) in [6, 6.07) is 18.2. The molecule has 8 heteroatoms. The van der Waals surface area contributed by atoms with Crippen LogP contribution in [0.4, 0.5) is 8.78 Å². The maximum Gasteiger partial charge on any atom is 0.243 e. The second kappa shape index (κ2) is 11.2. The van der Waals surface area contributed by atoms with Gasteiger partial charge in [0.15, 0.2) is 0 Å². The Hall–Kier alpha value is -2.65. The SMILES string of the molecule is O=S(=O)(NCCN1CCCC1)c1ccc(-c2ccc(CNCc3ccc(F)cc3)cc2)cc1F. The van der Waals surface area contributed by atoms with E-state index in [9.17, 15) is 17.2 Å². The summed E-state index contributed by atoms with van der Waals surface area (Å²) in [5.74, 6) is -1.02. The first-order chi connectivity index (χ1) is 16.4. The van der Waals surface area contributed by atoms with Crippen molar-refractivity contribution in [2.24, 2.45) is 0 Å². The Balaban J connectivity index is 1.33. The largest absolute Gasteiger partial charge is 0.309 e. The van der Waals surface area contributed by atoms with Crippen LogP contribution in [0.3, 0.4) is 0 Å². The fraction of sp³-hybridized carbons (Fsp3) is 0.308. The summed E-state index contributed by atoms with van der Waals surface area (Å²) in [6.07, 6.45) is 2.27. The molecule has 0 atom stereocenters. The van der Waals surface area contributed by atoms with Crippen LogP contribution in [0.25, 0.3) is 11.1 Å². The number of nitrogens with one attached hydrogen (secondary N) is 2. The van der Waals surface area contributed by atoms with E-state index in [2.05, 4.69) is 14.9 Å². The van der Waals surface area contributed by atoms with E-state index in [-0.39, 0.29) is 17.3 Å². The minimum atomic E-state index is -3.90. The standard InChI is InChI=1S/C26H29F2N3O2S/c27-24-10-5-21(6-11-24)19-29-18-20-3-7-22(8-4-20)23-9-12-26(25(28)17-23)34(32,33)30-13-16-31-14-1-2-15-31/h3-12,17,29-30H,1-2,13-16,18-19H2. The highest BCUT2D eigenvalue weighted by atomic mass is 32.2. The van der Waals surface area contributed by atoms with Crippen LogP contribution in [0, 0.1) is 11.6 Å². The molecule has 0 unspecified atom stereocenters. The molecule has 3 aromatic rings. The van der Waals surface area contributed by atoms with Crippen molar-refractivity contribution in [2.75, 3.05) is 26.2 Å². The normalized spacial score (nSPS) is 14.5. The predicted octanol–water partition coefficient (Wildman–Crippen LogP) is 4.30. The lowest BCUT2D eigenvalue weighted by atomic mass is 10.0. The van der Waals surface area contributed by atoms with Crippen molar-refractivity contribution < 1.29 is 17.2 Å². The average molecular weight is 486 g/mol. The van der Waals surface area contributed by atoms with Gasteiger partial charge in [-0.05, 0) is 72.5 Å². The third kappa shape index (κ3) is 6.48. The molecule has 3 aromatic carbocycles. The summed E-state index contributed by atoms with van der Waals surface area (Å²) in [7, 11) is -3.90. The number of rotatable bonds is 10. The van der Waals surface area contributed by atoms with Gasteiger partial charge in [-0.25, -0.2) is 21.9 Å². The summed E-state index contributed by atoms with van der Waals surface area (Å²) >= 11 is 0. The predicted molar refractivity (Wildman–Crippen MR) is 130 cm³/mol. The van der Waals surface area contributed by atoms with Gasteiger partial charge in [0.1, 0.15) is 16.5 Å². The van der Waals surface area contributed by atoms with Crippen LogP contribution < -0.4 is 10.0 Å². The fourth-order valence-electron chi connectivity index (χ4n) is 4.09. The number of nitrogens with zero attached hydrogens (tertiary/aromatic N) is 1. The van der Waals surface area contributed by atoms with Crippen molar-refractivity contribution in [3.05, 3.63) is 89.5 Å². The Bertz CT molecular complexity index is 1190. The first kappa shape index (κ1) is 24.5. The van der Waals surface area contributed by atoms with E-state index >= 15 is 0 Å². The molecule has 0 saturated carbocycles. The van der Waals surface area contributed by atoms with Crippen LogP contribution in [0.2, 0.25) is 0 Å². The number of hydrogen-bond acceptors (Lipinski definition) is 4. The lowest BCUT2D eigenvalue weighted by Crippen LogP contribution is -2.33. The molecule has 0 bridgehead atoms. The van der Waals surface area contributed by atoms with Gasteiger partial charge in [-0.3, -0.25) is 0 Å². The molecule has 0 aromatic heterocycles. The molecule has 34 heavy (non-hydrogen) atoms. The van der Waals surface area contributed by atoms with Gasteiger partial charge in [0, 0.05) is 26.2 Å². The Kier molecular flexibility index (Phi) is 8.05. The molecule has 1 fully saturated rings. The van der Waals surface area contributed by atoms with Crippen LogP contribution in [0.1, 0.15) is 24.0 Å². The zero-order valence-corrected chi connectivity index (χ0v) is 19.8. The first-order valence-corrected chi connectivity index (χ1v) is 12.9. The first-order valence-electron chi connectivity index (χ1n) is 11.5. The molecular formula is C26H29F2N3O2S. The number of sulfonamides is 1. The number of benzene rings is 3. The van der Waals surface area contributed by atoms with E-state index in [1.54, 1.807) is 18.2 Å². The molecule has 1 heterocycles. The zero-order valence-electron chi connectivity index (χ0n) is 18.9. The molecule has 2 N–H and O–H groups in total.